The smallest absolute Gasteiger partial charge is 0.205 e. The standard InChI is InChI=1S/C19H14Cl2F4/c1-11-2-3-12(8-15(11)20)13-6-7-18(10-13,19(23,24)25)14-4-5-17(22)16(21)9-14/h2-6,8-9H,7,10H2,1H3. The molecule has 6 heteroatoms. The molecule has 0 N–H and O–H groups in total. The number of allylic oxidation sites excluding steroid dienone is 2. The lowest BCUT2D eigenvalue weighted by Gasteiger charge is -2.33. The van der Waals surface area contributed by atoms with Crippen molar-refractivity contribution in [2.24, 2.45) is 0 Å². The Morgan fingerprint density at radius 1 is 1.00 bits per heavy atom. The SMILES string of the molecule is Cc1ccc(C2=CCC(c3ccc(F)c(Cl)c3)(C(F)(F)F)C2)cc1Cl. The Hall–Kier alpha value is -1.52. The van der Waals surface area contributed by atoms with Crippen molar-refractivity contribution in [3.63, 3.8) is 0 Å². The highest BCUT2D eigenvalue weighted by Gasteiger charge is 2.57. The van der Waals surface area contributed by atoms with E-state index in [0.717, 1.165) is 23.8 Å². The molecule has 0 bridgehead atoms. The average molecular weight is 389 g/mol. The van der Waals surface area contributed by atoms with Gasteiger partial charge < -0.3 is 0 Å². The molecule has 1 unspecified atom stereocenters. The van der Waals surface area contributed by atoms with Crippen LogP contribution in [0.1, 0.15) is 29.5 Å². The fraction of sp³-hybridized carbons (Fsp3) is 0.263. The largest absolute Gasteiger partial charge is 0.399 e. The predicted octanol–water partition coefficient (Wildman–Crippen LogP) is 7.12. The zero-order valence-electron chi connectivity index (χ0n) is 13.2. The van der Waals surface area contributed by atoms with E-state index in [0.29, 0.717) is 16.2 Å². The Balaban J connectivity index is 2.03. The summed E-state index contributed by atoms with van der Waals surface area (Å²) in [6.07, 6.45) is -3.39. The van der Waals surface area contributed by atoms with E-state index in [1.54, 1.807) is 24.3 Å². The van der Waals surface area contributed by atoms with Gasteiger partial charge in [-0.2, -0.15) is 13.2 Å². The maximum absolute atomic E-state index is 14.0. The van der Waals surface area contributed by atoms with E-state index in [9.17, 15) is 17.6 Å². The van der Waals surface area contributed by atoms with Crippen molar-refractivity contribution in [3.8, 4) is 0 Å². The van der Waals surface area contributed by atoms with Crippen molar-refractivity contribution in [2.45, 2.75) is 31.4 Å². The Kier molecular flexibility index (Phi) is 4.63. The third kappa shape index (κ3) is 3.18. The summed E-state index contributed by atoms with van der Waals surface area (Å²) < 4.78 is 55.3. The van der Waals surface area contributed by atoms with Crippen LogP contribution in [0.25, 0.3) is 5.57 Å². The quantitative estimate of drug-likeness (QED) is 0.480. The number of hydrogen-bond acceptors (Lipinski definition) is 0. The van der Waals surface area contributed by atoms with Gasteiger partial charge >= 0.3 is 6.18 Å². The Morgan fingerprint density at radius 2 is 1.72 bits per heavy atom. The highest BCUT2D eigenvalue weighted by molar-refractivity contribution is 6.31. The van der Waals surface area contributed by atoms with E-state index in [1.807, 2.05) is 6.92 Å². The first kappa shape index (κ1) is 18.3. The number of aryl methyl sites for hydroxylation is 1. The minimum atomic E-state index is -4.50. The first-order valence-corrected chi connectivity index (χ1v) is 8.37. The number of hydrogen-bond donors (Lipinski definition) is 0. The molecule has 0 fully saturated rings. The predicted molar refractivity (Wildman–Crippen MR) is 92.5 cm³/mol. The Labute approximate surface area is 153 Å². The molecule has 0 aromatic heterocycles. The minimum absolute atomic E-state index is 0.0316. The monoisotopic (exact) mass is 388 g/mol. The molecule has 0 aliphatic heterocycles. The van der Waals surface area contributed by atoms with Gasteiger partial charge in [0, 0.05) is 5.02 Å². The minimum Gasteiger partial charge on any atom is -0.205 e. The summed E-state index contributed by atoms with van der Waals surface area (Å²) in [5.41, 5.74) is -0.0568. The molecule has 0 heterocycles. The van der Waals surface area contributed by atoms with Crippen molar-refractivity contribution in [3.05, 3.63) is 75.0 Å². The van der Waals surface area contributed by atoms with Crippen LogP contribution in [0.15, 0.2) is 42.5 Å². The molecule has 0 amide bonds. The molecule has 1 aliphatic rings. The average Bonchev–Trinajstić information content (AvgIpc) is 2.99. The molecule has 0 nitrogen and oxygen atoms in total. The van der Waals surface area contributed by atoms with Crippen molar-refractivity contribution >= 4 is 28.8 Å². The maximum atomic E-state index is 14.0. The van der Waals surface area contributed by atoms with Crippen LogP contribution in [0.4, 0.5) is 17.6 Å². The number of alkyl halides is 3. The van der Waals surface area contributed by atoms with E-state index >= 15 is 0 Å². The summed E-state index contributed by atoms with van der Waals surface area (Å²) in [6, 6.07) is 8.42. The second kappa shape index (κ2) is 6.33. The number of halogens is 6. The molecule has 2 aromatic rings. The summed E-state index contributed by atoms with van der Waals surface area (Å²) in [4.78, 5) is 0. The van der Waals surface area contributed by atoms with E-state index < -0.39 is 17.4 Å². The summed E-state index contributed by atoms with van der Waals surface area (Å²) in [7, 11) is 0. The van der Waals surface area contributed by atoms with Gasteiger partial charge in [0.15, 0.2) is 0 Å². The topological polar surface area (TPSA) is 0 Å². The first-order valence-electron chi connectivity index (χ1n) is 7.62. The van der Waals surface area contributed by atoms with Gasteiger partial charge in [0.05, 0.1) is 10.4 Å². The first-order chi connectivity index (χ1) is 11.6. The second-order valence-electron chi connectivity index (χ2n) is 6.28. The maximum Gasteiger partial charge on any atom is 0.399 e. The number of benzene rings is 2. The molecule has 0 saturated heterocycles. The van der Waals surface area contributed by atoms with Crippen LogP contribution >= 0.6 is 23.2 Å². The lowest BCUT2D eigenvalue weighted by Crippen LogP contribution is -2.40. The Bertz CT molecular complexity index is 855. The van der Waals surface area contributed by atoms with Crippen LogP contribution in [-0.4, -0.2) is 6.18 Å². The highest BCUT2D eigenvalue weighted by Crippen LogP contribution is 2.54. The molecule has 0 spiro atoms. The van der Waals surface area contributed by atoms with Crippen molar-refractivity contribution in [1.29, 1.82) is 0 Å². The van der Waals surface area contributed by atoms with E-state index in [-0.39, 0.29) is 23.4 Å². The fourth-order valence-electron chi connectivity index (χ4n) is 3.17. The molecule has 3 rings (SSSR count). The zero-order chi connectivity index (χ0) is 18.4. The normalized spacial score (nSPS) is 20.7. The molecule has 0 saturated carbocycles. The fourth-order valence-corrected chi connectivity index (χ4v) is 3.53. The third-order valence-electron chi connectivity index (χ3n) is 4.75. The van der Waals surface area contributed by atoms with Gasteiger partial charge in [-0.1, -0.05) is 47.5 Å². The van der Waals surface area contributed by atoms with E-state index in [1.165, 1.54) is 0 Å². The van der Waals surface area contributed by atoms with Crippen LogP contribution in [0.2, 0.25) is 10.0 Å². The van der Waals surface area contributed by atoms with Crippen LogP contribution in [-0.2, 0) is 5.41 Å². The van der Waals surface area contributed by atoms with Gasteiger partial charge in [0.25, 0.3) is 0 Å². The summed E-state index contributed by atoms with van der Waals surface area (Å²) >= 11 is 11.8. The lowest BCUT2D eigenvalue weighted by atomic mass is 9.76. The van der Waals surface area contributed by atoms with Crippen LogP contribution in [0, 0.1) is 12.7 Å². The van der Waals surface area contributed by atoms with Crippen LogP contribution < -0.4 is 0 Å². The molecule has 25 heavy (non-hydrogen) atoms. The van der Waals surface area contributed by atoms with Gasteiger partial charge in [0.1, 0.15) is 5.82 Å². The second-order valence-corrected chi connectivity index (χ2v) is 7.10. The van der Waals surface area contributed by atoms with Gasteiger partial charge in [0.2, 0.25) is 0 Å². The van der Waals surface area contributed by atoms with Crippen molar-refractivity contribution in [1.82, 2.24) is 0 Å². The van der Waals surface area contributed by atoms with Crippen LogP contribution in [0.5, 0.6) is 0 Å². The molecule has 0 radical (unpaired) electrons. The van der Waals surface area contributed by atoms with Gasteiger partial charge in [-0.25, -0.2) is 4.39 Å². The molecule has 2 aromatic carbocycles. The summed E-state index contributed by atoms with van der Waals surface area (Å²) in [5.74, 6) is -0.737. The Morgan fingerprint density at radius 3 is 2.32 bits per heavy atom. The van der Waals surface area contributed by atoms with Gasteiger partial charge in [-0.3, -0.25) is 0 Å². The highest BCUT2D eigenvalue weighted by atomic mass is 35.5. The molecular weight excluding hydrogens is 375 g/mol. The van der Waals surface area contributed by atoms with Gasteiger partial charge in [-0.15, -0.1) is 0 Å². The third-order valence-corrected chi connectivity index (χ3v) is 5.44. The van der Waals surface area contributed by atoms with E-state index in [2.05, 4.69) is 0 Å². The lowest BCUT2D eigenvalue weighted by molar-refractivity contribution is -0.187. The van der Waals surface area contributed by atoms with Crippen molar-refractivity contribution < 1.29 is 17.6 Å². The summed E-state index contributed by atoms with van der Waals surface area (Å²) in [6.45, 7) is 1.83. The molecule has 1 atom stereocenters. The van der Waals surface area contributed by atoms with Crippen LogP contribution in [0.3, 0.4) is 0 Å². The molecule has 1 aliphatic carbocycles. The zero-order valence-corrected chi connectivity index (χ0v) is 14.7. The molecular formula is C19H14Cl2F4. The molecule has 132 valence electrons. The van der Waals surface area contributed by atoms with Gasteiger partial charge in [-0.05, 0) is 60.2 Å². The van der Waals surface area contributed by atoms with Crippen molar-refractivity contribution in [2.75, 3.05) is 0 Å². The number of rotatable bonds is 2. The summed E-state index contributed by atoms with van der Waals surface area (Å²) in [5, 5.41) is 0.195. The van der Waals surface area contributed by atoms with E-state index in [4.69, 9.17) is 23.2 Å².